The van der Waals surface area contributed by atoms with Crippen LogP contribution in [0, 0.1) is 19.8 Å². The third-order valence-corrected chi connectivity index (χ3v) is 5.58. The van der Waals surface area contributed by atoms with Crippen LogP contribution in [0.5, 0.6) is 0 Å². The van der Waals surface area contributed by atoms with E-state index in [1.165, 1.54) is 34.0 Å². The summed E-state index contributed by atoms with van der Waals surface area (Å²) in [6, 6.07) is 11.5. The highest BCUT2D eigenvalue weighted by atomic mass is 32.1. The van der Waals surface area contributed by atoms with E-state index in [0.29, 0.717) is 6.04 Å². The normalized spacial score (nSPS) is 16.4. The van der Waals surface area contributed by atoms with E-state index in [1.54, 1.807) is 0 Å². The summed E-state index contributed by atoms with van der Waals surface area (Å²) in [6.07, 6.45) is 2.78. The lowest BCUT2D eigenvalue weighted by Gasteiger charge is -2.28. The molecule has 1 aliphatic rings. The molecular weight excluding hydrogens is 276 g/mol. The van der Waals surface area contributed by atoms with Gasteiger partial charge in [-0.05, 0) is 45.1 Å². The predicted octanol–water partition coefficient (Wildman–Crippen LogP) is 4.56. The summed E-state index contributed by atoms with van der Waals surface area (Å²) in [4.78, 5) is 8.68. The van der Waals surface area contributed by atoms with Gasteiger partial charge in [0.05, 0.1) is 12.2 Å². The van der Waals surface area contributed by atoms with Crippen LogP contribution in [0.25, 0.3) is 0 Å². The molecule has 1 fully saturated rings. The smallest absolute Gasteiger partial charge is 0.107 e. The maximum absolute atomic E-state index is 4.73. The lowest BCUT2D eigenvalue weighted by molar-refractivity contribution is 0.171. The molecule has 0 N–H and O–H groups in total. The van der Waals surface area contributed by atoms with Crippen LogP contribution in [0.1, 0.15) is 40.9 Å². The number of rotatable bonds is 6. The number of nitrogens with zero attached hydrogens (tertiary/aromatic N) is 2. The minimum absolute atomic E-state index is 0.648. The van der Waals surface area contributed by atoms with E-state index in [4.69, 9.17) is 4.98 Å². The first-order valence-electron chi connectivity index (χ1n) is 7.84. The molecule has 112 valence electrons. The van der Waals surface area contributed by atoms with Gasteiger partial charge in [-0.15, -0.1) is 11.3 Å². The number of hydrogen-bond donors (Lipinski definition) is 0. The van der Waals surface area contributed by atoms with Gasteiger partial charge in [0, 0.05) is 17.5 Å². The summed E-state index contributed by atoms with van der Waals surface area (Å²) in [5.41, 5.74) is 2.59. The molecule has 1 aromatic heterocycles. The minimum atomic E-state index is 0.648. The van der Waals surface area contributed by atoms with Gasteiger partial charge in [0.25, 0.3) is 0 Å². The number of thiazole rings is 1. The first-order valence-corrected chi connectivity index (χ1v) is 8.66. The van der Waals surface area contributed by atoms with Crippen LogP contribution >= 0.6 is 11.3 Å². The molecule has 1 atom stereocenters. The standard InChI is InChI=1S/C18H24N2S/c1-13-15(3)21-18(19-13)12-20(14(2)17-9-10-17)11-16-7-5-4-6-8-16/h4-8,14,17H,9-12H2,1-3H3/t14-/m0/s1. The van der Waals surface area contributed by atoms with Gasteiger partial charge in [-0.1, -0.05) is 30.3 Å². The van der Waals surface area contributed by atoms with Crippen molar-refractivity contribution in [2.45, 2.75) is 52.7 Å². The zero-order chi connectivity index (χ0) is 14.8. The van der Waals surface area contributed by atoms with Crippen LogP contribution in [-0.2, 0) is 13.1 Å². The molecule has 0 bridgehead atoms. The monoisotopic (exact) mass is 300 g/mol. The van der Waals surface area contributed by atoms with Crippen molar-refractivity contribution in [2.75, 3.05) is 0 Å². The number of aromatic nitrogens is 1. The summed E-state index contributed by atoms with van der Waals surface area (Å²) in [6.45, 7) is 8.67. The third kappa shape index (κ3) is 3.72. The van der Waals surface area contributed by atoms with Crippen molar-refractivity contribution in [2.24, 2.45) is 5.92 Å². The summed E-state index contributed by atoms with van der Waals surface area (Å²) in [7, 11) is 0. The topological polar surface area (TPSA) is 16.1 Å². The van der Waals surface area contributed by atoms with Crippen molar-refractivity contribution < 1.29 is 0 Å². The van der Waals surface area contributed by atoms with Gasteiger partial charge < -0.3 is 0 Å². The van der Waals surface area contributed by atoms with E-state index in [9.17, 15) is 0 Å². The minimum Gasteiger partial charge on any atom is -0.289 e. The van der Waals surface area contributed by atoms with Crippen molar-refractivity contribution in [1.29, 1.82) is 0 Å². The van der Waals surface area contributed by atoms with Crippen LogP contribution in [0.3, 0.4) is 0 Å². The zero-order valence-electron chi connectivity index (χ0n) is 13.2. The molecule has 1 aliphatic carbocycles. The average Bonchev–Trinajstić information content (AvgIpc) is 3.26. The summed E-state index contributed by atoms with van der Waals surface area (Å²) in [5, 5.41) is 1.26. The van der Waals surface area contributed by atoms with Crippen molar-refractivity contribution in [3.05, 3.63) is 51.5 Å². The lowest BCUT2D eigenvalue weighted by atomic mass is 10.1. The molecule has 0 spiro atoms. The summed E-state index contributed by atoms with van der Waals surface area (Å²) in [5.74, 6) is 0.885. The van der Waals surface area contributed by atoms with E-state index in [2.05, 4.69) is 56.0 Å². The Morgan fingerprint density at radius 2 is 1.90 bits per heavy atom. The molecule has 3 heteroatoms. The quantitative estimate of drug-likeness (QED) is 0.777. The Morgan fingerprint density at radius 3 is 2.48 bits per heavy atom. The summed E-state index contributed by atoms with van der Waals surface area (Å²) < 4.78 is 0. The zero-order valence-corrected chi connectivity index (χ0v) is 14.0. The molecule has 0 radical (unpaired) electrons. The van der Waals surface area contributed by atoms with Crippen LogP contribution in [0.15, 0.2) is 30.3 Å². The van der Waals surface area contributed by atoms with Gasteiger partial charge in [-0.2, -0.15) is 0 Å². The lowest BCUT2D eigenvalue weighted by Crippen LogP contribution is -2.33. The van der Waals surface area contributed by atoms with Crippen LogP contribution < -0.4 is 0 Å². The van der Waals surface area contributed by atoms with E-state index < -0.39 is 0 Å². The number of benzene rings is 1. The van der Waals surface area contributed by atoms with Crippen molar-refractivity contribution in [1.82, 2.24) is 9.88 Å². The fraction of sp³-hybridized carbons (Fsp3) is 0.500. The maximum atomic E-state index is 4.73. The Kier molecular flexibility index (Phi) is 4.41. The molecule has 0 saturated heterocycles. The first-order chi connectivity index (χ1) is 10.1. The second kappa shape index (κ2) is 6.29. The largest absolute Gasteiger partial charge is 0.289 e. The Balaban J connectivity index is 1.75. The molecule has 21 heavy (non-hydrogen) atoms. The average molecular weight is 300 g/mol. The second-order valence-electron chi connectivity index (χ2n) is 6.22. The molecule has 0 unspecified atom stereocenters. The molecule has 0 aliphatic heterocycles. The Morgan fingerprint density at radius 1 is 1.19 bits per heavy atom. The fourth-order valence-electron chi connectivity index (χ4n) is 2.82. The molecule has 1 saturated carbocycles. The maximum Gasteiger partial charge on any atom is 0.107 e. The highest BCUT2D eigenvalue weighted by Gasteiger charge is 2.32. The van der Waals surface area contributed by atoms with Gasteiger partial charge >= 0.3 is 0 Å². The van der Waals surface area contributed by atoms with Gasteiger partial charge in [0.2, 0.25) is 0 Å². The van der Waals surface area contributed by atoms with Crippen LogP contribution in [-0.4, -0.2) is 15.9 Å². The number of aryl methyl sites for hydroxylation is 2. The molecule has 2 aromatic rings. The molecule has 1 aromatic carbocycles. The van der Waals surface area contributed by atoms with E-state index in [0.717, 1.165) is 19.0 Å². The van der Waals surface area contributed by atoms with Gasteiger partial charge in [0.1, 0.15) is 5.01 Å². The Labute approximate surface area is 131 Å². The third-order valence-electron chi connectivity index (χ3n) is 4.52. The highest BCUT2D eigenvalue weighted by Crippen LogP contribution is 2.36. The van der Waals surface area contributed by atoms with Crippen molar-refractivity contribution in [3.63, 3.8) is 0 Å². The molecule has 2 nitrogen and oxygen atoms in total. The molecular formula is C18H24N2S. The van der Waals surface area contributed by atoms with Crippen molar-refractivity contribution in [3.8, 4) is 0 Å². The van der Waals surface area contributed by atoms with Crippen LogP contribution in [0.2, 0.25) is 0 Å². The van der Waals surface area contributed by atoms with Gasteiger partial charge in [-0.25, -0.2) is 4.98 Å². The molecule has 1 heterocycles. The van der Waals surface area contributed by atoms with Crippen molar-refractivity contribution >= 4 is 11.3 Å². The second-order valence-corrected chi connectivity index (χ2v) is 7.51. The highest BCUT2D eigenvalue weighted by molar-refractivity contribution is 7.11. The van der Waals surface area contributed by atoms with Crippen LogP contribution in [0.4, 0.5) is 0 Å². The number of hydrogen-bond acceptors (Lipinski definition) is 3. The van der Waals surface area contributed by atoms with E-state index >= 15 is 0 Å². The van der Waals surface area contributed by atoms with Gasteiger partial charge in [0.15, 0.2) is 0 Å². The van der Waals surface area contributed by atoms with E-state index in [1.807, 2.05) is 11.3 Å². The Bertz CT molecular complexity index is 567. The Hall–Kier alpha value is -1.19. The van der Waals surface area contributed by atoms with E-state index in [-0.39, 0.29) is 0 Å². The SMILES string of the molecule is Cc1nc(CN(Cc2ccccc2)[C@@H](C)C2CC2)sc1C. The van der Waals surface area contributed by atoms with Gasteiger partial charge in [-0.3, -0.25) is 4.90 Å². The predicted molar refractivity (Wildman–Crippen MR) is 89.5 cm³/mol. The first kappa shape index (κ1) is 14.7. The molecule has 0 amide bonds. The summed E-state index contributed by atoms with van der Waals surface area (Å²) >= 11 is 1.85. The molecule has 3 rings (SSSR count). The fourth-order valence-corrected chi connectivity index (χ4v) is 3.78.